The molecule has 1 aliphatic carbocycles. The van der Waals surface area contributed by atoms with Crippen molar-refractivity contribution in [3.63, 3.8) is 0 Å². The molecule has 1 saturated carbocycles. The Morgan fingerprint density at radius 1 is 1.29 bits per heavy atom. The van der Waals surface area contributed by atoms with Gasteiger partial charge in [0.15, 0.2) is 5.82 Å². The van der Waals surface area contributed by atoms with Crippen LogP contribution in [0.1, 0.15) is 32.4 Å². The van der Waals surface area contributed by atoms with E-state index in [0.29, 0.717) is 36.1 Å². The second-order valence-electron chi connectivity index (χ2n) is 8.65. The number of hydrogen-bond donors (Lipinski definition) is 2. The van der Waals surface area contributed by atoms with Crippen LogP contribution in [0.25, 0.3) is 0 Å². The summed E-state index contributed by atoms with van der Waals surface area (Å²) in [6, 6.07) is 3.72. The van der Waals surface area contributed by atoms with Crippen LogP contribution in [0.15, 0.2) is 18.3 Å². The van der Waals surface area contributed by atoms with Crippen molar-refractivity contribution in [1.82, 2.24) is 15.0 Å². The Morgan fingerprint density at radius 2 is 2.06 bits per heavy atom. The number of ether oxygens (including phenoxy) is 2. The number of likely N-dealkylation sites (N-methyl/N-ethyl adjacent to an activating group) is 1. The summed E-state index contributed by atoms with van der Waals surface area (Å²) in [5.74, 6) is 3.33. The van der Waals surface area contributed by atoms with Gasteiger partial charge in [0, 0.05) is 19.2 Å². The van der Waals surface area contributed by atoms with E-state index in [1.807, 2.05) is 38.8 Å². The number of pyridine rings is 1. The molecule has 2 N–H and O–H groups in total. The molecule has 1 aliphatic heterocycles. The number of anilines is 3. The maximum absolute atomic E-state index is 12.5. The molecule has 0 radical (unpaired) electrons. The van der Waals surface area contributed by atoms with Crippen LogP contribution in [0, 0.1) is 18.8 Å². The van der Waals surface area contributed by atoms with Gasteiger partial charge in [-0.05, 0) is 37.7 Å². The highest BCUT2D eigenvalue weighted by molar-refractivity contribution is 6.03. The van der Waals surface area contributed by atoms with Crippen LogP contribution >= 0.6 is 0 Å². The summed E-state index contributed by atoms with van der Waals surface area (Å²) >= 11 is 0. The van der Waals surface area contributed by atoms with Crippen LogP contribution in [0.5, 0.6) is 11.6 Å². The molecule has 2 aromatic heterocycles. The molecular formula is C22H30N6O3. The van der Waals surface area contributed by atoms with E-state index in [0.717, 1.165) is 30.1 Å². The summed E-state index contributed by atoms with van der Waals surface area (Å²) in [4.78, 5) is 27.9. The second kappa shape index (κ2) is 8.56. The monoisotopic (exact) mass is 426 g/mol. The number of nitrogens with zero attached hydrogens (tertiary/aromatic N) is 4. The van der Waals surface area contributed by atoms with E-state index in [1.165, 1.54) is 0 Å². The van der Waals surface area contributed by atoms with Gasteiger partial charge in [0.25, 0.3) is 0 Å². The summed E-state index contributed by atoms with van der Waals surface area (Å²) in [5, 5.41) is 6.42. The molecule has 166 valence electrons. The number of aryl methyl sites for hydroxylation is 1. The number of hydrogen-bond acceptors (Lipinski definition) is 8. The fourth-order valence-electron chi connectivity index (χ4n) is 4.24. The van der Waals surface area contributed by atoms with Crippen LogP contribution in [-0.2, 0) is 4.79 Å². The van der Waals surface area contributed by atoms with Gasteiger partial charge in [-0.25, -0.2) is 9.97 Å². The first-order valence-corrected chi connectivity index (χ1v) is 10.7. The predicted octanol–water partition coefficient (Wildman–Crippen LogP) is 2.87. The van der Waals surface area contributed by atoms with E-state index >= 15 is 0 Å². The van der Waals surface area contributed by atoms with E-state index < -0.39 is 0 Å². The van der Waals surface area contributed by atoms with Gasteiger partial charge in [0.1, 0.15) is 17.5 Å². The largest absolute Gasteiger partial charge is 0.492 e. The molecule has 9 nitrogen and oxygen atoms in total. The standard InChI is InChI=1S/C22H30N6O3/c1-12(2)19-21(29)26-18-13(3)24-22(27-20(18)28(19)4)25-15-8-14(9-15)11-31-16-6-7-17(30-5)23-10-16/h6-7,10,12,14-15,19H,8-9,11H2,1-5H3,(H,26,29)(H,24,25,27)/t14?,15?,19-/m0/s1. The van der Waals surface area contributed by atoms with Gasteiger partial charge in [0.2, 0.25) is 17.7 Å². The quantitative estimate of drug-likeness (QED) is 0.697. The predicted molar refractivity (Wildman–Crippen MR) is 119 cm³/mol. The zero-order valence-electron chi connectivity index (χ0n) is 18.7. The summed E-state index contributed by atoms with van der Waals surface area (Å²) in [5.41, 5.74) is 1.46. The number of carbonyl (C=O) groups is 1. The molecule has 9 heteroatoms. The van der Waals surface area contributed by atoms with Gasteiger partial charge in [-0.2, -0.15) is 4.98 Å². The molecule has 1 atom stereocenters. The van der Waals surface area contributed by atoms with E-state index in [1.54, 1.807) is 19.4 Å². The maximum Gasteiger partial charge on any atom is 0.247 e. The number of carbonyl (C=O) groups excluding carboxylic acids is 1. The molecule has 0 aromatic carbocycles. The number of amides is 1. The average Bonchev–Trinajstić information content (AvgIpc) is 2.70. The Labute approximate surface area is 182 Å². The first-order chi connectivity index (χ1) is 14.9. The molecule has 4 rings (SSSR count). The van der Waals surface area contributed by atoms with Gasteiger partial charge in [-0.15, -0.1) is 0 Å². The van der Waals surface area contributed by atoms with E-state index in [-0.39, 0.29) is 17.9 Å². The van der Waals surface area contributed by atoms with Gasteiger partial charge in [0.05, 0.1) is 25.6 Å². The van der Waals surface area contributed by atoms with Crippen molar-refractivity contribution in [2.45, 2.75) is 45.7 Å². The van der Waals surface area contributed by atoms with Gasteiger partial charge < -0.3 is 25.0 Å². The average molecular weight is 427 g/mol. The molecule has 1 fully saturated rings. The van der Waals surface area contributed by atoms with E-state index in [9.17, 15) is 4.79 Å². The SMILES string of the molecule is COc1ccc(OCC2CC(Nc3nc(C)c4c(n3)N(C)[C@@H](C(C)C)C(=O)N4)C2)cn1. The van der Waals surface area contributed by atoms with Gasteiger partial charge in [-0.1, -0.05) is 13.8 Å². The van der Waals surface area contributed by atoms with Crippen LogP contribution in [0.2, 0.25) is 0 Å². The normalized spacial score (nSPS) is 22.5. The van der Waals surface area contributed by atoms with Crippen molar-refractivity contribution in [2.24, 2.45) is 11.8 Å². The molecule has 3 heterocycles. The first-order valence-electron chi connectivity index (χ1n) is 10.7. The highest BCUT2D eigenvalue weighted by atomic mass is 16.5. The van der Waals surface area contributed by atoms with E-state index in [4.69, 9.17) is 14.5 Å². The molecular weight excluding hydrogens is 396 g/mol. The highest BCUT2D eigenvalue weighted by Crippen LogP contribution is 2.35. The molecule has 31 heavy (non-hydrogen) atoms. The highest BCUT2D eigenvalue weighted by Gasteiger charge is 2.36. The Morgan fingerprint density at radius 3 is 2.71 bits per heavy atom. The third kappa shape index (κ3) is 4.35. The lowest BCUT2D eigenvalue weighted by Gasteiger charge is -2.38. The summed E-state index contributed by atoms with van der Waals surface area (Å²) in [6.07, 6.45) is 3.66. The molecule has 0 unspecified atom stereocenters. The topological polar surface area (TPSA) is 102 Å². The Balaban J connectivity index is 1.34. The van der Waals surface area contributed by atoms with Crippen molar-refractivity contribution in [1.29, 1.82) is 0 Å². The zero-order chi connectivity index (χ0) is 22.1. The van der Waals surface area contributed by atoms with Gasteiger partial charge >= 0.3 is 0 Å². The van der Waals surface area contributed by atoms with Gasteiger partial charge in [-0.3, -0.25) is 4.79 Å². The summed E-state index contributed by atoms with van der Waals surface area (Å²) < 4.78 is 10.9. The van der Waals surface area contributed by atoms with Crippen LogP contribution in [0.3, 0.4) is 0 Å². The minimum atomic E-state index is -0.243. The van der Waals surface area contributed by atoms with E-state index in [2.05, 4.69) is 20.6 Å². The number of rotatable bonds is 7. The van der Waals surface area contributed by atoms with Crippen LogP contribution in [-0.4, -0.2) is 53.7 Å². The third-order valence-corrected chi connectivity index (χ3v) is 5.94. The number of fused-ring (bicyclic) bond motifs is 1. The van der Waals surface area contributed by atoms with Crippen LogP contribution < -0.4 is 25.0 Å². The van der Waals surface area contributed by atoms with Crippen molar-refractivity contribution < 1.29 is 14.3 Å². The lowest BCUT2D eigenvalue weighted by atomic mass is 9.81. The zero-order valence-corrected chi connectivity index (χ0v) is 18.7. The van der Waals surface area contributed by atoms with Crippen LogP contribution in [0.4, 0.5) is 17.5 Å². The fraction of sp³-hybridized carbons (Fsp3) is 0.545. The molecule has 1 amide bonds. The molecule has 2 aromatic rings. The Hall–Kier alpha value is -3.10. The lowest BCUT2D eigenvalue weighted by molar-refractivity contribution is -0.118. The fourth-order valence-corrected chi connectivity index (χ4v) is 4.24. The first kappa shape index (κ1) is 21.1. The van der Waals surface area contributed by atoms with Crippen molar-refractivity contribution in [3.05, 3.63) is 24.0 Å². The molecule has 0 bridgehead atoms. The Bertz CT molecular complexity index is 943. The molecule has 2 aliphatic rings. The lowest BCUT2D eigenvalue weighted by Crippen LogP contribution is -2.50. The van der Waals surface area contributed by atoms with Crippen molar-refractivity contribution in [3.8, 4) is 11.6 Å². The van der Waals surface area contributed by atoms with Crippen molar-refractivity contribution >= 4 is 23.4 Å². The van der Waals surface area contributed by atoms with Crippen molar-refractivity contribution in [2.75, 3.05) is 36.3 Å². The third-order valence-electron chi connectivity index (χ3n) is 5.94. The smallest absolute Gasteiger partial charge is 0.247 e. The Kier molecular flexibility index (Phi) is 5.84. The number of aromatic nitrogens is 3. The summed E-state index contributed by atoms with van der Waals surface area (Å²) in [6.45, 7) is 6.63. The maximum atomic E-state index is 12.5. The minimum absolute atomic E-state index is 0.00805. The number of methoxy groups -OCH3 is 1. The molecule has 0 spiro atoms. The molecule has 0 saturated heterocycles. The minimum Gasteiger partial charge on any atom is -0.492 e. The number of nitrogens with one attached hydrogen (secondary N) is 2. The second-order valence-corrected chi connectivity index (χ2v) is 8.65. The summed E-state index contributed by atoms with van der Waals surface area (Å²) in [7, 11) is 3.51.